The van der Waals surface area contributed by atoms with E-state index >= 15 is 0 Å². The van der Waals surface area contributed by atoms with Crippen molar-refractivity contribution in [2.45, 2.75) is 6.54 Å². The Labute approximate surface area is 122 Å². The molecule has 0 aliphatic heterocycles. The van der Waals surface area contributed by atoms with Crippen molar-refractivity contribution in [1.29, 1.82) is 0 Å². The summed E-state index contributed by atoms with van der Waals surface area (Å²) in [7, 11) is 0. The van der Waals surface area contributed by atoms with Gasteiger partial charge < -0.3 is 11.1 Å². The Morgan fingerprint density at radius 3 is 2.94 bits per heavy atom. The van der Waals surface area contributed by atoms with E-state index < -0.39 is 0 Å². The van der Waals surface area contributed by atoms with Crippen LogP contribution in [-0.4, -0.2) is 16.1 Å². The number of aromatic amines is 1. The number of H-pyrrole nitrogens is 1. The number of aromatic nitrogens is 2. The molecule has 0 spiro atoms. The fourth-order valence-electron chi connectivity index (χ4n) is 1.38. The first-order valence-electron chi connectivity index (χ1n) is 5.09. The Kier molecular flexibility index (Phi) is 4.07. The van der Waals surface area contributed by atoms with Crippen LogP contribution >= 0.6 is 34.2 Å². The molecular formula is C11H10ClIN4O. The third kappa shape index (κ3) is 2.94. The largest absolute Gasteiger partial charge is 0.384 e. The minimum absolute atomic E-state index is 0.200. The van der Waals surface area contributed by atoms with Crippen molar-refractivity contribution in [3.63, 3.8) is 0 Å². The van der Waals surface area contributed by atoms with Crippen LogP contribution in [-0.2, 0) is 6.54 Å². The van der Waals surface area contributed by atoms with Crippen molar-refractivity contribution >= 4 is 45.9 Å². The average molecular weight is 377 g/mol. The number of carbonyl (C=O) groups excluding carboxylic acids is 1. The smallest absolute Gasteiger partial charge is 0.251 e. The number of rotatable bonds is 3. The summed E-state index contributed by atoms with van der Waals surface area (Å²) in [5.41, 5.74) is 6.88. The second kappa shape index (κ2) is 5.57. The van der Waals surface area contributed by atoms with Crippen molar-refractivity contribution in [3.05, 3.63) is 44.1 Å². The van der Waals surface area contributed by atoms with Gasteiger partial charge in [-0.3, -0.25) is 9.89 Å². The third-order valence-corrected chi connectivity index (χ3v) is 3.94. The standard InChI is InChI=1S/C11H10ClIN4O/c12-8-3-6(1-2-9(8)13)11(18)15-4-7-5-16-17-10(7)14/h1-3,5H,4H2,(H,15,18)(H3,14,16,17). The molecule has 0 saturated heterocycles. The third-order valence-electron chi connectivity index (χ3n) is 2.37. The maximum atomic E-state index is 11.9. The quantitative estimate of drug-likeness (QED) is 0.718. The van der Waals surface area contributed by atoms with Crippen LogP contribution in [0.1, 0.15) is 15.9 Å². The van der Waals surface area contributed by atoms with Gasteiger partial charge in [0.25, 0.3) is 5.91 Å². The molecule has 0 radical (unpaired) electrons. The summed E-state index contributed by atoms with van der Waals surface area (Å²) in [6, 6.07) is 5.16. The molecule has 94 valence electrons. The van der Waals surface area contributed by atoms with Crippen LogP contribution in [0.5, 0.6) is 0 Å². The number of anilines is 1. The topological polar surface area (TPSA) is 83.8 Å². The monoisotopic (exact) mass is 376 g/mol. The molecule has 0 aliphatic rings. The number of carbonyl (C=O) groups is 1. The van der Waals surface area contributed by atoms with Crippen LogP contribution in [0.3, 0.4) is 0 Å². The molecule has 2 rings (SSSR count). The van der Waals surface area contributed by atoms with E-state index in [1.54, 1.807) is 24.4 Å². The highest BCUT2D eigenvalue weighted by Crippen LogP contribution is 2.19. The van der Waals surface area contributed by atoms with Gasteiger partial charge >= 0.3 is 0 Å². The second-order valence-electron chi connectivity index (χ2n) is 3.62. The van der Waals surface area contributed by atoms with Crippen LogP contribution < -0.4 is 11.1 Å². The molecule has 0 fully saturated rings. The number of nitrogens with zero attached hydrogens (tertiary/aromatic N) is 1. The number of amides is 1. The minimum Gasteiger partial charge on any atom is -0.384 e. The first-order chi connectivity index (χ1) is 8.58. The predicted molar refractivity (Wildman–Crippen MR) is 78.3 cm³/mol. The summed E-state index contributed by atoms with van der Waals surface area (Å²) < 4.78 is 0.907. The van der Waals surface area contributed by atoms with Gasteiger partial charge in [-0.2, -0.15) is 5.10 Å². The van der Waals surface area contributed by atoms with Crippen LogP contribution in [0.15, 0.2) is 24.4 Å². The van der Waals surface area contributed by atoms with E-state index in [0.717, 1.165) is 9.13 Å². The summed E-state index contributed by atoms with van der Waals surface area (Å²) in [5, 5.41) is 9.69. The van der Waals surface area contributed by atoms with E-state index in [1.165, 1.54) is 0 Å². The summed E-state index contributed by atoms with van der Waals surface area (Å²) in [4.78, 5) is 11.9. The SMILES string of the molecule is Nc1[nH]ncc1CNC(=O)c1ccc(I)c(Cl)c1. The van der Waals surface area contributed by atoms with Crippen molar-refractivity contribution in [2.24, 2.45) is 0 Å². The van der Waals surface area contributed by atoms with Gasteiger partial charge in [0, 0.05) is 21.2 Å². The van der Waals surface area contributed by atoms with Gasteiger partial charge in [0.05, 0.1) is 11.2 Å². The Morgan fingerprint density at radius 2 is 2.33 bits per heavy atom. The van der Waals surface area contributed by atoms with E-state index in [4.69, 9.17) is 17.3 Å². The predicted octanol–water partition coefficient (Wildman–Crippen LogP) is 2.18. The Morgan fingerprint density at radius 1 is 1.56 bits per heavy atom. The molecule has 1 heterocycles. The molecule has 2 aromatic rings. The highest BCUT2D eigenvalue weighted by Gasteiger charge is 2.09. The fraction of sp³-hybridized carbons (Fsp3) is 0.0909. The van der Waals surface area contributed by atoms with Gasteiger partial charge in [-0.25, -0.2) is 0 Å². The van der Waals surface area contributed by atoms with Crippen molar-refractivity contribution < 1.29 is 4.79 Å². The molecule has 18 heavy (non-hydrogen) atoms. The van der Waals surface area contributed by atoms with Gasteiger partial charge in [0.2, 0.25) is 0 Å². The van der Waals surface area contributed by atoms with Gasteiger partial charge in [-0.05, 0) is 40.8 Å². The van der Waals surface area contributed by atoms with Gasteiger partial charge in [0.1, 0.15) is 5.82 Å². The van der Waals surface area contributed by atoms with E-state index in [0.29, 0.717) is 22.9 Å². The number of nitrogens with two attached hydrogens (primary N) is 1. The molecule has 7 heteroatoms. The van der Waals surface area contributed by atoms with E-state index in [2.05, 4.69) is 38.1 Å². The molecule has 0 atom stereocenters. The Bertz CT molecular complexity index is 584. The van der Waals surface area contributed by atoms with Gasteiger partial charge in [-0.15, -0.1) is 0 Å². The minimum atomic E-state index is -0.200. The number of nitrogens with one attached hydrogen (secondary N) is 2. The molecule has 0 saturated carbocycles. The number of benzene rings is 1. The lowest BCUT2D eigenvalue weighted by molar-refractivity contribution is 0.0951. The number of halogens is 2. The molecule has 5 nitrogen and oxygen atoms in total. The first kappa shape index (κ1) is 13.2. The normalized spacial score (nSPS) is 10.3. The fourth-order valence-corrected chi connectivity index (χ4v) is 1.89. The summed E-state index contributed by atoms with van der Waals surface area (Å²) >= 11 is 8.07. The van der Waals surface area contributed by atoms with E-state index in [1.807, 2.05) is 0 Å². The highest BCUT2D eigenvalue weighted by molar-refractivity contribution is 14.1. The number of hydrogen-bond donors (Lipinski definition) is 3. The van der Waals surface area contributed by atoms with E-state index in [-0.39, 0.29) is 5.91 Å². The molecule has 4 N–H and O–H groups in total. The van der Waals surface area contributed by atoms with Crippen molar-refractivity contribution in [2.75, 3.05) is 5.73 Å². The van der Waals surface area contributed by atoms with Gasteiger partial charge in [0.15, 0.2) is 0 Å². The molecule has 0 unspecified atom stereocenters. The zero-order chi connectivity index (χ0) is 13.1. The van der Waals surface area contributed by atoms with E-state index in [9.17, 15) is 4.79 Å². The maximum Gasteiger partial charge on any atom is 0.251 e. The number of hydrogen-bond acceptors (Lipinski definition) is 3. The van der Waals surface area contributed by atoms with Crippen LogP contribution in [0.2, 0.25) is 5.02 Å². The lowest BCUT2D eigenvalue weighted by Crippen LogP contribution is -2.23. The zero-order valence-corrected chi connectivity index (χ0v) is 12.1. The second-order valence-corrected chi connectivity index (χ2v) is 5.19. The summed E-state index contributed by atoms with van der Waals surface area (Å²) in [5.74, 6) is 0.254. The van der Waals surface area contributed by atoms with Crippen molar-refractivity contribution in [1.82, 2.24) is 15.5 Å². The van der Waals surface area contributed by atoms with Crippen molar-refractivity contribution in [3.8, 4) is 0 Å². The Hall–Kier alpha value is -1.28. The number of nitrogen functional groups attached to an aromatic ring is 1. The lowest BCUT2D eigenvalue weighted by atomic mass is 10.2. The Balaban J connectivity index is 2.04. The molecule has 1 aromatic carbocycles. The lowest BCUT2D eigenvalue weighted by Gasteiger charge is -2.05. The molecule has 0 bridgehead atoms. The molecule has 1 amide bonds. The van der Waals surface area contributed by atoms with Gasteiger partial charge in [-0.1, -0.05) is 11.6 Å². The van der Waals surface area contributed by atoms with Crippen LogP contribution in [0.25, 0.3) is 0 Å². The highest BCUT2D eigenvalue weighted by atomic mass is 127. The first-order valence-corrected chi connectivity index (χ1v) is 6.54. The molecular weight excluding hydrogens is 367 g/mol. The van der Waals surface area contributed by atoms with Crippen LogP contribution in [0, 0.1) is 3.57 Å². The average Bonchev–Trinajstić information content (AvgIpc) is 2.75. The zero-order valence-electron chi connectivity index (χ0n) is 9.21. The molecule has 1 aromatic heterocycles. The molecule has 0 aliphatic carbocycles. The maximum absolute atomic E-state index is 11.9. The summed E-state index contributed by atoms with van der Waals surface area (Å²) in [6.45, 7) is 0.324. The summed E-state index contributed by atoms with van der Waals surface area (Å²) in [6.07, 6.45) is 1.58. The van der Waals surface area contributed by atoms with Crippen LogP contribution in [0.4, 0.5) is 5.82 Å².